The van der Waals surface area contributed by atoms with Crippen molar-refractivity contribution in [1.82, 2.24) is 9.47 Å². The van der Waals surface area contributed by atoms with Crippen LogP contribution in [0.5, 0.6) is 0 Å². The predicted molar refractivity (Wildman–Crippen MR) is 81.5 cm³/mol. The summed E-state index contributed by atoms with van der Waals surface area (Å²) >= 11 is 0. The quantitative estimate of drug-likeness (QED) is 0.822. The maximum atomic E-state index is 12.8. The van der Waals surface area contributed by atoms with Gasteiger partial charge in [0.1, 0.15) is 12.1 Å². The Morgan fingerprint density at radius 3 is 2.83 bits per heavy atom. The van der Waals surface area contributed by atoms with Crippen LogP contribution in [0.3, 0.4) is 0 Å². The summed E-state index contributed by atoms with van der Waals surface area (Å²) < 4.78 is 44.7. The third-order valence-electron chi connectivity index (χ3n) is 3.92. The Balaban J connectivity index is 2.06. The van der Waals surface area contributed by atoms with Crippen LogP contribution < -0.4 is 5.56 Å². The second-order valence-electron chi connectivity index (χ2n) is 5.83. The lowest BCUT2D eigenvalue weighted by Crippen LogP contribution is -2.45. The first-order valence-corrected chi connectivity index (χ1v) is 7.99. The van der Waals surface area contributed by atoms with Gasteiger partial charge in [-0.2, -0.15) is 13.2 Å². The third-order valence-corrected chi connectivity index (χ3v) is 3.92. The van der Waals surface area contributed by atoms with Crippen molar-refractivity contribution in [2.24, 2.45) is 0 Å². The zero-order valence-corrected chi connectivity index (χ0v) is 13.5. The summed E-state index contributed by atoms with van der Waals surface area (Å²) in [5, 5.41) is 0. The number of ether oxygens (including phenoxy) is 1. The van der Waals surface area contributed by atoms with Crippen molar-refractivity contribution in [2.75, 3.05) is 19.7 Å². The van der Waals surface area contributed by atoms with E-state index in [9.17, 15) is 22.8 Å². The molecule has 0 bridgehead atoms. The number of likely N-dealkylation sites (tertiary alicyclic amines) is 1. The molecular formula is C16H21F3N2O3. The highest BCUT2D eigenvalue weighted by Crippen LogP contribution is 2.26. The van der Waals surface area contributed by atoms with E-state index in [-0.39, 0.29) is 12.0 Å². The standard InChI is InChI=1S/C16H21F3N2O3/c1-2-9-24-12-5-3-7-20(10-12)14(22)11-21-8-4-6-13(15(21)23)16(17,18)19/h4,6,8,12H,2-3,5,7,9-11H2,1H3/t12-/m1/s1. The van der Waals surface area contributed by atoms with E-state index in [2.05, 4.69) is 0 Å². The summed E-state index contributed by atoms with van der Waals surface area (Å²) in [5.41, 5.74) is -2.46. The SMILES string of the molecule is CCCO[C@@H]1CCCN(C(=O)Cn2cccc(C(F)(F)F)c2=O)C1. The number of hydrogen-bond donors (Lipinski definition) is 0. The van der Waals surface area contributed by atoms with Crippen LogP contribution in [-0.4, -0.2) is 41.2 Å². The van der Waals surface area contributed by atoms with E-state index < -0.39 is 23.8 Å². The van der Waals surface area contributed by atoms with Gasteiger partial charge in [0.25, 0.3) is 5.56 Å². The predicted octanol–water partition coefficient (Wildman–Crippen LogP) is 2.28. The van der Waals surface area contributed by atoms with Crippen LogP contribution in [0.25, 0.3) is 0 Å². The summed E-state index contributed by atoms with van der Waals surface area (Å²) in [7, 11) is 0. The topological polar surface area (TPSA) is 51.5 Å². The van der Waals surface area contributed by atoms with Crippen molar-refractivity contribution in [2.45, 2.75) is 45.0 Å². The van der Waals surface area contributed by atoms with Gasteiger partial charge in [0.2, 0.25) is 5.91 Å². The van der Waals surface area contributed by atoms with Crippen molar-refractivity contribution in [3.8, 4) is 0 Å². The van der Waals surface area contributed by atoms with E-state index in [0.717, 1.165) is 36.0 Å². The molecule has 1 aromatic heterocycles. The second kappa shape index (κ2) is 7.83. The fourth-order valence-corrected chi connectivity index (χ4v) is 2.71. The summed E-state index contributed by atoms with van der Waals surface area (Å²) in [4.78, 5) is 25.8. The molecule has 2 heterocycles. The summed E-state index contributed by atoms with van der Waals surface area (Å²) in [6.07, 6.45) is -1.08. The molecule has 1 aliphatic rings. The Morgan fingerprint density at radius 1 is 1.42 bits per heavy atom. The minimum Gasteiger partial charge on any atom is -0.376 e. The Kier molecular flexibility index (Phi) is 6.04. The average Bonchev–Trinajstić information content (AvgIpc) is 2.54. The van der Waals surface area contributed by atoms with Crippen LogP contribution >= 0.6 is 0 Å². The van der Waals surface area contributed by atoms with Crippen molar-refractivity contribution in [3.63, 3.8) is 0 Å². The molecule has 0 radical (unpaired) electrons. The largest absolute Gasteiger partial charge is 0.421 e. The van der Waals surface area contributed by atoms with Crippen LogP contribution in [0, 0.1) is 0 Å². The van der Waals surface area contributed by atoms with Gasteiger partial charge in [-0.25, -0.2) is 0 Å². The first kappa shape index (κ1) is 18.5. The van der Waals surface area contributed by atoms with Gasteiger partial charge < -0.3 is 14.2 Å². The first-order valence-electron chi connectivity index (χ1n) is 7.99. The van der Waals surface area contributed by atoms with E-state index in [1.54, 1.807) is 4.90 Å². The molecule has 0 N–H and O–H groups in total. The Hall–Kier alpha value is -1.83. The van der Waals surface area contributed by atoms with E-state index >= 15 is 0 Å². The fraction of sp³-hybridized carbons (Fsp3) is 0.625. The molecule has 1 saturated heterocycles. The van der Waals surface area contributed by atoms with Gasteiger partial charge in [-0.1, -0.05) is 6.92 Å². The maximum Gasteiger partial charge on any atom is 0.421 e. The zero-order valence-electron chi connectivity index (χ0n) is 13.5. The molecule has 0 aliphatic carbocycles. The molecule has 1 fully saturated rings. The Morgan fingerprint density at radius 2 is 2.17 bits per heavy atom. The molecule has 134 valence electrons. The normalized spacial score (nSPS) is 18.7. The maximum absolute atomic E-state index is 12.8. The molecule has 0 aromatic carbocycles. The Labute approximate surface area is 138 Å². The van der Waals surface area contributed by atoms with E-state index in [4.69, 9.17) is 4.74 Å². The molecular weight excluding hydrogens is 325 g/mol. The number of aromatic nitrogens is 1. The summed E-state index contributed by atoms with van der Waals surface area (Å²) in [5.74, 6) is -0.374. The third kappa shape index (κ3) is 4.59. The van der Waals surface area contributed by atoms with Gasteiger partial charge in [-0.05, 0) is 31.4 Å². The van der Waals surface area contributed by atoms with Crippen LogP contribution in [0.2, 0.25) is 0 Å². The number of piperidine rings is 1. The monoisotopic (exact) mass is 346 g/mol. The van der Waals surface area contributed by atoms with E-state index in [0.29, 0.717) is 19.7 Å². The molecule has 1 atom stereocenters. The molecule has 0 spiro atoms. The number of alkyl halides is 3. The molecule has 24 heavy (non-hydrogen) atoms. The van der Waals surface area contributed by atoms with Crippen molar-refractivity contribution < 1.29 is 22.7 Å². The highest BCUT2D eigenvalue weighted by Gasteiger charge is 2.34. The highest BCUT2D eigenvalue weighted by atomic mass is 19.4. The van der Waals surface area contributed by atoms with Gasteiger partial charge in [0.05, 0.1) is 6.10 Å². The summed E-state index contributed by atoms with van der Waals surface area (Å²) in [6.45, 7) is 3.14. The fourth-order valence-electron chi connectivity index (χ4n) is 2.71. The highest BCUT2D eigenvalue weighted by molar-refractivity contribution is 5.76. The van der Waals surface area contributed by atoms with Crippen LogP contribution in [0.15, 0.2) is 23.1 Å². The minimum atomic E-state index is -4.73. The molecule has 0 saturated carbocycles. The minimum absolute atomic E-state index is 0.0547. The number of rotatable bonds is 5. The number of carbonyl (C=O) groups excluding carboxylic acids is 1. The first-order chi connectivity index (χ1) is 11.3. The van der Waals surface area contributed by atoms with Crippen LogP contribution in [0.4, 0.5) is 13.2 Å². The van der Waals surface area contributed by atoms with Crippen molar-refractivity contribution >= 4 is 5.91 Å². The number of amides is 1. The number of halogens is 3. The van der Waals surface area contributed by atoms with Crippen molar-refractivity contribution in [1.29, 1.82) is 0 Å². The molecule has 1 aromatic rings. The molecule has 5 nitrogen and oxygen atoms in total. The lowest BCUT2D eigenvalue weighted by atomic mass is 10.1. The average molecular weight is 346 g/mol. The van der Waals surface area contributed by atoms with Gasteiger partial charge in [0, 0.05) is 25.9 Å². The second-order valence-corrected chi connectivity index (χ2v) is 5.83. The molecule has 1 amide bonds. The van der Waals surface area contributed by atoms with Crippen molar-refractivity contribution in [3.05, 3.63) is 34.2 Å². The van der Waals surface area contributed by atoms with Gasteiger partial charge in [0.15, 0.2) is 0 Å². The number of pyridine rings is 1. The Bertz CT molecular complexity index is 628. The zero-order chi connectivity index (χ0) is 17.7. The molecule has 0 unspecified atom stereocenters. The van der Waals surface area contributed by atoms with Gasteiger partial charge in [-0.3, -0.25) is 9.59 Å². The molecule has 8 heteroatoms. The van der Waals surface area contributed by atoms with Crippen LogP contribution in [-0.2, 0) is 22.3 Å². The van der Waals surface area contributed by atoms with Gasteiger partial charge in [-0.15, -0.1) is 0 Å². The lowest BCUT2D eigenvalue weighted by molar-refractivity contribution is -0.140. The molecule has 2 rings (SSSR count). The lowest BCUT2D eigenvalue weighted by Gasteiger charge is -2.32. The van der Waals surface area contributed by atoms with E-state index in [1.165, 1.54) is 6.20 Å². The summed E-state index contributed by atoms with van der Waals surface area (Å²) in [6, 6.07) is 1.85. The van der Waals surface area contributed by atoms with Crippen LogP contribution in [0.1, 0.15) is 31.7 Å². The van der Waals surface area contributed by atoms with Gasteiger partial charge >= 0.3 is 6.18 Å². The number of nitrogens with zero attached hydrogens (tertiary/aromatic N) is 2. The molecule has 1 aliphatic heterocycles. The smallest absolute Gasteiger partial charge is 0.376 e. The number of carbonyl (C=O) groups is 1. The number of hydrogen-bond acceptors (Lipinski definition) is 3. The van der Waals surface area contributed by atoms with E-state index in [1.807, 2.05) is 6.92 Å².